The molecule has 0 radical (unpaired) electrons. The molecule has 0 aliphatic heterocycles. The SMILES string of the molecule is C=C(P)OC(C)(C)CC(C)C. The highest BCUT2D eigenvalue weighted by atomic mass is 31.0. The van der Waals surface area contributed by atoms with E-state index in [1.54, 1.807) is 0 Å². The van der Waals surface area contributed by atoms with Gasteiger partial charge in [-0.1, -0.05) is 29.7 Å². The smallest absolute Gasteiger partial charge is 0.105 e. The first kappa shape index (κ1) is 11.0. The van der Waals surface area contributed by atoms with Crippen molar-refractivity contribution in [3.05, 3.63) is 12.1 Å². The highest BCUT2D eigenvalue weighted by Crippen LogP contribution is 2.24. The lowest BCUT2D eigenvalue weighted by molar-refractivity contribution is 0.0321. The van der Waals surface area contributed by atoms with Gasteiger partial charge >= 0.3 is 0 Å². The highest BCUT2D eigenvalue weighted by molar-refractivity contribution is 7.21. The van der Waals surface area contributed by atoms with Crippen molar-refractivity contribution in [2.45, 2.75) is 39.7 Å². The van der Waals surface area contributed by atoms with E-state index < -0.39 is 0 Å². The van der Waals surface area contributed by atoms with E-state index in [0.717, 1.165) is 11.9 Å². The normalized spacial score (nSPS) is 11.8. The fourth-order valence-corrected chi connectivity index (χ4v) is 1.70. The van der Waals surface area contributed by atoms with Crippen molar-refractivity contribution in [1.82, 2.24) is 0 Å². The van der Waals surface area contributed by atoms with Gasteiger partial charge in [0.05, 0.1) is 0 Å². The molecule has 0 spiro atoms. The van der Waals surface area contributed by atoms with Crippen LogP contribution in [0.1, 0.15) is 34.1 Å². The van der Waals surface area contributed by atoms with Gasteiger partial charge < -0.3 is 4.74 Å². The van der Waals surface area contributed by atoms with Gasteiger partial charge in [0, 0.05) is 0 Å². The lowest BCUT2D eigenvalue weighted by Gasteiger charge is -2.28. The third-order valence-corrected chi connectivity index (χ3v) is 1.43. The average Bonchev–Trinajstić information content (AvgIpc) is 1.53. The molecule has 1 nitrogen and oxygen atoms in total. The van der Waals surface area contributed by atoms with E-state index in [1.165, 1.54) is 0 Å². The summed E-state index contributed by atoms with van der Waals surface area (Å²) < 4.78 is 5.52. The molecule has 0 saturated heterocycles. The summed E-state index contributed by atoms with van der Waals surface area (Å²) >= 11 is 0. The van der Waals surface area contributed by atoms with Crippen LogP contribution in [-0.2, 0) is 4.74 Å². The van der Waals surface area contributed by atoms with Crippen molar-refractivity contribution in [3.8, 4) is 0 Å². The van der Waals surface area contributed by atoms with Crippen LogP contribution in [0.15, 0.2) is 12.1 Å². The van der Waals surface area contributed by atoms with Gasteiger partial charge in [-0.25, -0.2) is 0 Å². The number of ether oxygens (including phenoxy) is 1. The van der Waals surface area contributed by atoms with Crippen molar-refractivity contribution >= 4 is 9.24 Å². The van der Waals surface area contributed by atoms with Gasteiger partial charge in [0.1, 0.15) is 11.1 Å². The van der Waals surface area contributed by atoms with E-state index in [1.807, 2.05) is 0 Å². The molecule has 0 saturated carbocycles. The second kappa shape index (κ2) is 4.11. The van der Waals surface area contributed by atoms with Crippen molar-refractivity contribution in [2.24, 2.45) is 5.92 Å². The molecule has 2 heteroatoms. The minimum Gasteiger partial charge on any atom is -0.489 e. The molecular weight excluding hydrogens is 155 g/mol. The van der Waals surface area contributed by atoms with Gasteiger partial charge in [-0.05, 0) is 26.2 Å². The minimum absolute atomic E-state index is 0.0764. The monoisotopic (exact) mass is 174 g/mol. The summed E-state index contributed by atoms with van der Waals surface area (Å²) in [5.41, 5.74) is 0.642. The van der Waals surface area contributed by atoms with Crippen LogP contribution in [0.5, 0.6) is 0 Å². The zero-order chi connectivity index (χ0) is 9.07. The third-order valence-electron chi connectivity index (χ3n) is 1.31. The first-order valence-corrected chi connectivity index (χ1v) is 4.54. The van der Waals surface area contributed by atoms with E-state index in [-0.39, 0.29) is 5.60 Å². The van der Waals surface area contributed by atoms with Crippen molar-refractivity contribution in [3.63, 3.8) is 0 Å². The Kier molecular flexibility index (Phi) is 4.10. The topological polar surface area (TPSA) is 9.23 Å². The quantitative estimate of drug-likeness (QED) is 0.470. The molecule has 0 amide bonds. The second-order valence-electron chi connectivity index (χ2n) is 3.93. The van der Waals surface area contributed by atoms with Gasteiger partial charge in [-0.15, -0.1) is 0 Å². The summed E-state index contributed by atoms with van der Waals surface area (Å²) in [5.74, 6) is 0.661. The van der Waals surface area contributed by atoms with Crippen molar-refractivity contribution in [2.75, 3.05) is 0 Å². The van der Waals surface area contributed by atoms with Crippen LogP contribution in [0.2, 0.25) is 0 Å². The van der Waals surface area contributed by atoms with Gasteiger partial charge in [0.25, 0.3) is 0 Å². The second-order valence-corrected chi connectivity index (χ2v) is 4.57. The molecule has 11 heavy (non-hydrogen) atoms. The molecule has 0 aromatic rings. The van der Waals surface area contributed by atoms with Gasteiger partial charge in [-0.2, -0.15) is 0 Å². The first-order chi connectivity index (χ1) is 4.83. The summed E-state index contributed by atoms with van der Waals surface area (Å²) in [4.78, 5) is 0. The zero-order valence-electron chi connectivity index (χ0n) is 7.98. The highest BCUT2D eigenvalue weighted by Gasteiger charge is 2.20. The Bertz CT molecular complexity index is 138. The molecule has 1 unspecified atom stereocenters. The number of rotatable bonds is 4. The molecule has 0 bridgehead atoms. The Morgan fingerprint density at radius 1 is 1.55 bits per heavy atom. The zero-order valence-corrected chi connectivity index (χ0v) is 9.13. The fourth-order valence-electron chi connectivity index (χ4n) is 1.38. The molecule has 0 aliphatic rings. The van der Waals surface area contributed by atoms with Crippen LogP contribution in [0.3, 0.4) is 0 Å². The summed E-state index contributed by atoms with van der Waals surface area (Å²) in [6.07, 6.45) is 1.06. The Hall–Kier alpha value is -0.0300. The molecular formula is C9H19OP. The van der Waals surface area contributed by atoms with Gasteiger partial charge in [0.2, 0.25) is 0 Å². The van der Waals surface area contributed by atoms with E-state index in [0.29, 0.717) is 5.92 Å². The standard InChI is InChI=1S/C9H19OP/c1-7(2)6-9(4,5)10-8(3)11/h7H,3,6,11H2,1-2,4-5H3. The van der Waals surface area contributed by atoms with E-state index in [4.69, 9.17) is 4.74 Å². The first-order valence-electron chi connectivity index (χ1n) is 3.97. The lowest BCUT2D eigenvalue weighted by atomic mass is 9.96. The molecule has 0 aromatic carbocycles. The predicted molar refractivity (Wildman–Crippen MR) is 53.5 cm³/mol. The summed E-state index contributed by atoms with van der Waals surface area (Å²) in [6.45, 7) is 12.2. The molecule has 0 heterocycles. The largest absolute Gasteiger partial charge is 0.489 e. The van der Waals surface area contributed by atoms with Crippen molar-refractivity contribution < 1.29 is 4.74 Å². The fraction of sp³-hybridized carbons (Fsp3) is 0.778. The van der Waals surface area contributed by atoms with Crippen LogP contribution in [0.4, 0.5) is 0 Å². The molecule has 0 N–H and O–H groups in total. The molecule has 1 atom stereocenters. The number of hydrogen-bond donors (Lipinski definition) is 0. The van der Waals surface area contributed by atoms with Crippen LogP contribution in [0.25, 0.3) is 0 Å². The van der Waals surface area contributed by atoms with Gasteiger partial charge in [0.15, 0.2) is 0 Å². The van der Waals surface area contributed by atoms with Crippen LogP contribution in [0, 0.1) is 5.92 Å². The van der Waals surface area contributed by atoms with E-state index in [9.17, 15) is 0 Å². The summed E-state index contributed by atoms with van der Waals surface area (Å²) in [7, 11) is 2.47. The Morgan fingerprint density at radius 2 is 2.00 bits per heavy atom. The van der Waals surface area contributed by atoms with E-state index >= 15 is 0 Å². The summed E-state index contributed by atoms with van der Waals surface area (Å²) in [5, 5.41) is 0. The van der Waals surface area contributed by atoms with Crippen molar-refractivity contribution in [1.29, 1.82) is 0 Å². The van der Waals surface area contributed by atoms with Crippen LogP contribution in [-0.4, -0.2) is 5.60 Å². The molecule has 66 valence electrons. The molecule has 0 aromatic heterocycles. The Balaban J connectivity index is 3.89. The maximum atomic E-state index is 5.52. The summed E-state index contributed by atoms with van der Waals surface area (Å²) in [6, 6.07) is 0. The average molecular weight is 174 g/mol. The van der Waals surface area contributed by atoms with Gasteiger partial charge in [-0.3, -0.25) is 0 Å². The van der Waals surface area contributed by atoms with Crippen LogP contribution >= 0.6 is 9.24 Å². The lowest BCUT2D eigenvalue weighted by Crippen LogP contribution is -2.24. The predicted octanol–water partition coefficient (Wildman–Crippen LogP) is 3.17. The third kappa shape index (κ3) is 6.37. The Labute approximate surface area is 72.4 Å². The van der Waals surface area contributed by atoms with Crippen LogP contribution < -0.4 is 0 Å². The minimum atomic E-state index is -0.0764. The molecule has 0 rings (SSSR count). The number of hydrogen-bond acceptors (Lipinski definition) is 1. The maximum Gasteiger partial charge on any atom is 0.105 e. The van der Waals surface area contributed by atoms with E-state index in [2.05, 4.69) is 43.5 Å². The molecule has 0 fully saturated rings. The molecule has 0 aliphatic carbocycles. The Morgan fingerprint density at radius 3 is 2.27 bits per heavy atom. The maximum absolute atomic E-state index is 5.52.